The second-order valence-electron chi connectivity index (χ2n) is 5.50. The van der Waals surface area contributed by atoms with Gasteiger partial charge in [0.2, 0.25) is 5.91 Å². The smallest absolute Gasteiger partial charge is 0.224 e. The summed E-state index contributed by atoms with van der Waals surface area (Å²) in [7, 11) is 0. The van der Waals surface area contributed by atoms with Crippen LogP contribution in [0.5, 0.6) is 0 Å². The minimum absolute atomic E-state index is 0.143. The quantitative estimate of drug-likeness (QED) is 0.884. The van der Waals surface area contributed by atoms with Crippen molar-refractivity contribution in [3.63, 3.8) is 0 Å². The molecule has 0 aliphatic heterocycles. The largest absolute Gasteiger partial charge is 0.385 e. The number of hydrogen-bond donors (Lipinski definition) is 2. The van der Waals surface area contributed by atoms with Gasteiger partial charge in [0.15, 0.2) is 0 Å². The van der Waals surface area contributed by atoms with Crippen molar-refractivity contribution in [3.8, 4) is 6.07 Å². The first-order chi connectivity index (χ1) is 10.9. The molecule has 2 atom stereocenters. The number of halogens is 1. The normalized spacial score (nSPS) is 14.3. The summed E-state index contributed by atoms with van der Waals surface area (Å²) in [6.07, 6.45) is -0.143. The monoisotopic (exact) mass is 328 g/mol. The van der Waals surface area contributed by atoms with E-state index in [1.807, 2.05) is 12.1 Å². The summed E-state index contributed by atoms with van der Waals surface area (Å²) in [5, 5.41) is 22.9. The summed E-state index contributed by atoms with van der Waals surface area (Å²) >= 11 is 5.91. The number of nitriles is 1. The number of carbonyl (C=O) groups is 1. The Kier molecular flexibility index (Phi) is 5.38. The Morgan fingerprint density at radius 3 is 2.61 bits per heavy atom. The van der Waals surface area contributed by atoms with E-state index in [0.29, 0.717) is 16.1 Å². The highest BCUT2D eigenvalue weighted by molar-refractivity contribution is 6.30. The zero-order valence-electron chi connectivity index (χ0n) is 12.7. The fourth-order valence-electron chi connectivity index (χ4n) is 2.30. The van der Waals surface area contributed by atoms with Crippen LogP contribution >= 0.6 is 11.6 Å². The molecule has 0 saturated carbocycles. The predicted molar refractivity (Wildman–Crippen MR) is 88.6 cm³/mol. The maximum Gasteiger partial charge on any atom is 0.224 e. The molecule has 1 amide bonds. The van der Waals surface area contributed by atoms with Crippen molar-refractivity contribution in [2.45, 2.75) is 25.0 Å². The minimum Gasteiger partial charge on any atom is -0.385 e. The SMILES string of the molecule is C[C@](O)(CC(=O)N[C@@H](C#N)c1cccc(Cl)c1)c1ccccc1. The van der Waals surface area contributed by atoms with Crippen LogP contribution in [0.15, 0.2) is 54.6 Å². The first-order valence-corrected chi connectivity index (χ1v) is 7.52. The third-order valence-corrected chi connectivity index (χ3v) is 3.75. The molecule has 0 bridgehead atoms. The molecule has 0 unspecified atom stereocenters. The Labute approximate surface area is 140 Å². The van der Waals surface area contributed by atoms with E-state index in [-0.39, 0.29) is 6.42 Å². The van der Waals surface area contributed by atoms with E-state index in [2.05, 4.69) is 5.32 Å². The summed E-state index contributed by atoms with van der Waals surface area (Å²) < 4.78 is 0. The lowest BCUT2D eigenvalue weighted by Crippen LogP contribution is -2.34. The molecule has 0 saturated heterocycles. The second kappa shape index (κ2) is 7.28. The van der Waals surface area contributed by atoms with E-state index in [4.69, 9.17) is 11.6 Å². The maximum absolute atomic E-state index is 12.2. The highest BCUT2D eigenvalue weighted by Crippen LogP contribution is 2.25. The van der Waals surface area contributed by atoms with Crippen LogP contribution in [-0.4, -0.2) is 11.0 Å². The molecule has 0 fully saturated rings. The van der Waals surface area contributed by atoms with E-state index in [1.165, 1.54) is 0 Å². The van der Waals surface area contributed by atoms with Crippen LogP contribution in [-0.2, 0) is 10.4 Å². The fraction of sp³-hybridized carbons (Fsp3) is 0.222. The average Bonchev–Trinajstić information content (AvgIpc) is 2.53. The van der Waals surface area contributed by atoms with Crippen LogP contribution in [0.2, 0.25) is 5.02 Å². The van der Waals surface area contributed by atoms with E-state index in [0.717, 1.165) is 0 Å². The number of nitrogens with zero attached hydrogens (tertiary/aromatic N) is 1. The Bertz CT molecular complexity index is 723. The molecular weight excluding hydrogens is 312 g/mol. The summed E-state index contributed by atoms with van der Waals surface area (Å²) in [4.78, 5) is 12.2. The summed E-state index contributed by atoms with van der Waals surface area (Å²) in [6, 6.07) is 16.9. The van der Waals surface area contributed by atoms with E-state index in [9.17, 15) is 15.2 Å². The molecule has 0 heterocycles. The zero-order valence-corrected chi connectivity index (χ0v) is 13.4. The first-order valence-electron chi connectivity index (χ1n) is 7.15. The molecule has 0 spiro atoms. The standard InChI is InChI=1S/C18H17ClN2O2/c1-18(23,14-7-3-2-4-8-14)11-17(22)21-16(12-20)13-6-5-9-15(19)10-13/h2-10,16,23H,11H2,1H3,(H,21,22)/t16-,18-/m0/s1. The third kappa shape index (κ3) is 4.56. The van der Waals surface area contributed by atoms with Gasteiger partial charge in [-0.2, -0.15) is 5.26 Å². The molecule has 118 valence electrons. The molecule has 2 aromatic rings. The van der Waals surface area contributed by atoms with Crippen molar-refractivity contribution in [3.05, 3.63) is 70.7 Å². The van der Waals surface area contributed by atoms with Crippen molar-refractivity contribution >= 4 is 17.5 Å². The van der Waals surface area contributed by atoms with Crippen molar-refractivity contribution in [1.82, 2.24) is 5.32 Å². The first kappa shape index (κ1) is 17.0. The molecule has 0 aromatic heterocycles. The van der Waals surface area contributed by atoms with E-state index in [1.54, 1.807) is 55.5 Å². The van der Waals surface area contributed by atoms with Gasteiger partial charge in [0.25, 0.3) is 0 Å². The van der Waals surface area contributed by atoms with Crippen LogP contribution in [0.1, 0.15) is 30.5 Å². The van der Waals surface area contributed by atoms with Gasteiger partial charge in [-0.15, -0.1) is 0 Å². The average molecular weight is 329 g/mol. The Hall–Kier alpha value is -2.35. The highest BCUT2D eigenvalue weighted by Gasteiger charge is 2.27. The van der Waals surface area contributed by atoms with Gasteiger partial charge in [0, 0.05) is 5.02 Å². The van der Waals surface area contributed by atoms with Crippen molar-refractivity contribution in [2.75, 3.05) is 0 Å². The maximum atomic E-state index is 12.2. The Morgan fingerprint density at radius 2 is 2.00 bits per heavy atom. The van der Waals surface area contributed by atoms with Gasteiger partial charge in [0.1, 0.15) is 6.04 Å². The van der Waals surface area contributed by atoms with Crippen LogP contribution in [0.3, 0.4) is 0 Å². The van der Waals surface area contributed by atoms with Gasteiger partial charge in [-0.1, -0.05) is 54.1 Å². The third-order valence-electron chi connectivity index (χ3n) is 3.52. The van der Waals surface area contributed by atoms with Crippen LogP contribution in [0.4, 0.5) is 0 Å². The zero-order chi connectivity index (χ0) is 16.9. The fourth-order valence-corrected chi connectivity index (χ4v) is 2.50. The number of hydrogen-bond acceptors (Lipinski definition) is 3. The molecule has 2 aromatic carbocycles. The van der Waals surface area contributed by atoms with Gasteiger partial charge in [-0.05, 0) is 30.2 Å². The lowest BCUT2D eigenvalue weighted by atomic mass is 9.92. The summed E-state index contributed by atoms with van der Waals surface area (Å²) in [5.41, 5.74) is -0.0567. The van der Waals surface area contributed by atoms with Crippen LogP contribution < -0.4 is 5.32 Å². The van der Waals surface area contributed by atoms with Crippen LogP contribution in [0.25, 0.3) is 0 Å². The van der Waals surface area contributed by atoms with Crippen LogP contribution in [0, 0.1) is 11.3 Å². The second-order valence-corrected chi connectivity index (χ2v) is 5.94. The van der Waals surface area contributed by atoms with E-state index < -0.39 is 17.6 Å². The van der Waals surface area contributed by atoms with Gasteiger partial charge in [-0.25, -0.2) is 0 Å². The van der Waals surface area contributed by atoms with Gasteiger partial charge < -0.3 is 10.4 Å². The molecule has 5 heteroatoms. The minimum atomic E-state index is -1.31. The predicted octanol–water partition coefficient (Wildman–Crippen LogP) is 3.32. The van der Waals surface area contributed by atoms with Crippen molar-refractivity contribution in [2.24, 2.45) is 0 Å². The molecule has 2 N–H and O–H groups in total. The topological polar surface area (TPSA) is 73.1 Å². The molecule has 0 radical (unpaired) electrons. The molecule has 2 rings (SSSR count). The van der Waals surface area contributed by atoms with E-state index >= 15 is 0 Å². The number of rotatable bonds is 5. The number of aliphatic hydroxyl groups is 1. The van der Waals surface area contributed by atoms with Gasteiger partial charge >= 0.3 is 0 Å². The number of nitrogens with one attached hydrogen (secondary N) is 1. The van der Waals surface area contributed by atoms with Gasteiger partial charge in [-0.3, -0.25) is 4.79 Å². The summed E-state index contributed by atoms with van der Waals surface area (Å²) in [6.45, 7) is 1.57. The molecular formula is C18H17ClN2O2. The number of benzene rings is 2. The molecule has 4 nitrogen and oxygen atoms in total. The lowest BCUT2D eigenvalue weighted by molar-refractivity contribution is -0.126. The van der Waals surface area contributed by atoms with Crippen molar-refractivity contribution < 1.29 is 9.90 Å². The Balaban J connectivity index is 2.08. The number of amides is 1. The molecule has 0 aliphatic carbocycles. The van der Waals surface area contributed by atoms with Gasteiger partial charge in [0.05, 0.1) is 18.1 Å². The lowest BCUT2D eigenvalue weighted by Gasteiger charge is -2.24. The molecule has 0 aliphatic rings. The van der Waals surface area contributed by atoms with Crippen molar-refractivity contribution in [1.29, 1.82) is 5.26 Å². The Morgan fingerprint density at radius 1 is 1.30 bits per heavy atom. The highest BCUT2D eigenvalue weighted by atomic mass is 35.5. The number of carbonyl (C=O) groups excluding carboxylic acids is 1. The molecule has 23 heavy (non-hydrogen) atoms. The summed E-state index contributed by atoms with van der Waals surface area (Å²) in [5.74, 6) is -0.412.